The van der Waals surface area contributed by atoms with E-state index in [2.05, 4.69) is 18.2 Å². The van der Waals surface area contributed by atoms with Crippen LogP contribution in [0.2, 0.25) is 0 Å². The molecule has 238 valence electrons. The van der Waals surface area contributed by atoms with Crippen LogP contribution in [0.5, 0.6) is 5.75 Å². The molecule has 1 heterocycles. The molecule has 1 unspecified atom stereocenters. The van der Waals surface area contributed by atoms with Gasteiger partial charge in [0, 0.05) is 32.2 Å². The first-order valence-electron chi connectivity index (χ1n) is 15.7. The van der Waals surface area contributed by atoms with Gasteiger partial charge < -0.3 is 24.4 Å². The number of nitrogens with zero attached hydrogens (tertiary/aromatic N) is 2. The van der Waals surface area contributed by atoms with Crippen LogP contribution in [0.15, 0.2) is 78.9 Å². The van der Waals surface area contributed by atoms with E-state index in [9.17, 15) is 19.5 Å². The summed E-state index contributed by atoms with van der Waals surface area (Å²) >= 11 is 0. The lowest BCUT2D eigenvalue weighted by Gasteiger charge is -2.33. The summed E-state index contributed by atoms with van der Waals surface area (Å²) < 4.78 is 11.0. The number of carboxylic acids is 1. The third-order valence-electron chi connectivity index (χ3n) is 8.19. The normalized spacial score (nSPS) is 14.0. The zero-order valence-corrected chi connectivity index (χ0v) is 26.3. The minimum Gasteiger partial charge on any atom is -0.493 e. The van der Waals surface area contributed by atoms with Crippen molar-refractivity contribution in [1.82, 2.24) is 9.80 Å². The first-order chi connectivity index (χ1) is 21.8. The zero-order valence-electron chi connectivity index (χ0n) is 26.3. The van der Waals surface area contributed by atoms with Gasteiger partial charge in [-0.05, 0) is 92.3 Å². The van der Waals surface area contributed by atoms with Crippen molar-refractivity contribution in [3.63, 3.8) is 0 Å². The number of benzene rings is 3. The van der Waals surface area contributed by atoms with Crippen molar-refractivity contribution in [2.24, 2.45) is 5.92 Å². The highest BCUT2D eigenvalue weighted by Gasteiger charge is 2.21. The fraction of sp³-hybridized carbons (Fsp3) is 0.378. The molecule has 0 bridgehead atoms. The number of carbonyl (C=O) groups excluding carboxylic acids is 2. The maximum absolute atomic E-state index is 12.3. The van der Waals surface area contributed by atoms with Gasteiger partial charge in [0.2, 0.25) is 0 Å². The summed E-state index contributed by atoms with van der Waals surface area (Å²) in [5.41, 5.74) is 4.00. The second kappa shape index (κ2) is 17.0. The highest BCUT2D eigenvalue weighted by molar-refractivity contribution is 5.89. The van der Waals surface area contributed by atoms with Crippen molar-refractivity contribution in [3.8, 4) is 5.75 Å². The predicted molar refractivity (Wildman–Crippen MR) is 176 cm³/mol. The van der Waals surface area contributed by atoms with Gasteiger partial charge in [-0.15, -0.1) is 0 Å². The van der Waals surface area contributed by atoms with E-state index < -0.39 is 5.97 Å². The molecule has 1 saturated heterocycles. The van der Waals surface area contributed by atoms with Gasteiger partial charge >= 0.3 is 18.0 Å². The molecule has 0 aromatic heterocycles. The zero-order chi connectivity index (χ0) is 32.0. The summed E-state index contributed by atoms with van der Waals surface area (Å²) in [6.45, 7) is 3.08. The summed E-state index contributed by atoms with van der Waals surface area (Å²) in [5, 5.41) is 9.22. The van der Waals surface area contributed by atoms with Gasteiger partial charge in [0.1, 0.15) is 5.75 Å². The van der Waals surface area contributed by atoms with E-state index in [0.29, 0.717) is 12.2 Å². The summed E-state index contributed by atoms with van der Waals surface area (Å²) in [6, 6.07) is 22.7. The first kappa shape index (κ1) is 33.3. The van der Waals surface area contributed by atoms with E-state index in [-0.39, 0.29) is 23.5 Å². The van der Waals surface area contributed by atoms with E-state index >= 15 is 0 Å². The number of aromatic carboxylic acids is 1. The molecule has 0 saturated carbocycles. The number of para-hydroxylation sites is 1. The number of allylic oxidation sites excluding steroid dienone is 1. The summed E-state index contributed by atoms with van der Waals surface area (Å²) in [5.74, 6) is -0.255. The van der Waals surface area contributed by atoms with Gasteiger partial charge in [0.25, 0.3) is 0 Å². The maximum Gasteiger partial charge on any atom is 0.337 e. The van der Waals surface area contributed by atoms with E-state index in [1.54, 1.807) is 29.2 Å². The fourth-order valence-corrected chi connectivity index (χ4v) is 5.52. The quantitative estimate of drug-likeness (QED) is 0.138. The van der Waals surface area contributed by atoms with Crippen LogP contribution in [0.25, 0.3) is 6.08 Å². The minimum atomic E-state index is -0.930. The summed E-state index contributed by atoms with van der Waals surface area (Å²) in [6.07, 6.45) is 10.7. The third-order valence-corrected chi connectivity index (χ3v) is 8.19. The fourth-order valence-electron chi connectivity index (χ4n) is 5.52. The maximum atomic E-state index is 12.3. The largest absolute Gasteiger partial charge is 0.493 e. The molecule has 1 aliphatic rings. The van der Waals surface area contributed by atoms with Crippen molar-refractivity contribution in [1.29, 1.82) is 0 Å². The van der Waals surface area contributed by atoms with Crippen LogP contribution in [-0.4, -0.2) is 73.3 Å². The predicted octanol–water partition coefficient (Wildman–Crippen LogP) is 6.98. The molecule has 1 N–H and O–H groups in total. The molecule has 3 aromatic carbocycles. The number of aryl methyl sites for hydroxylation is 1. The second-order valence-corrected chi connectivity index (χ2v) is 11.5. The lowest BCUT2D eigenvalue weighted by atomic mass is 9.91. The van der Waals surface area contributed by atoms with Crippen molar-refractivity contribution >= 4 is 24.0 Å². The van der Waals surface area contributed by atoms with E-state index in [1.807, 2.05) is 54.4 Å². The van der Waals surface area contributed by atoms with E-state index in [4.69, 9.17) is 9.47 Å². The van der Waals surface area contributed by atoms with Crippen LogP contribution >= 0.6 is 0 Å². The molecule has 1 aliphatic heterocycles. The molecular weight excluding hydrogens is 568 g/mol. The molecule has 1 atom stereocenters. The number of unbranched alkanes of at least 4 members (excludes halogenated alkanes) is 2. The molecule has 1 fully saturated rings. The lowest BCUT2D eigenvalue weighted by Crippen LogP contribution is -2.47. The molecule has 45 heavy (non-hydrogen) atoms. The Morgan fingerprint density at radius 3 is 2.36 bits per heavy atom. The Bertz CT molecular complexity index is 1430. The molecule has 3 aromatic rings. The summed E-state index contributed by atoms with van der Waals surface area (Å²) in [4.78, 5) is 39.1. The van der Waals surface area contributed by atoms with Crippen LogP contribution in [0, 0.1) is 5.92 Å². The van der Waals surface area contributed by atoms with Gasteiger partial charge in [0.15, 0.2) is 0 Å². The number of carbonyl (C=O) groups is 3. The number of amides is 2. The summed E-state index contributed by atoms with van der Waals surface area (Å²) in [7, 11) is 3.24. The second-order valence-electron chi connectivity index (χ2n) is 11.5. The number of hydrogen-bond donors (Lipinski definition) is 1. The lowest BCUT2D eigenvalue weighted by molar-refractivity contribution is 0.0599. The molecule has 0 radical (unpaired) electrons. The molecule has 0 aliphatic carbocycles. The van der Waals surface area contributed by atoms with Crippen LogP contribution in [0.3, 0.4) is 0 Å². The minimum absolute atomic E-state index is 0.130. The Morgan fingerprint density at radius 2 is 1.62 bits per heavy atom. The molecule has 4 rings (SSSR count). The standard InChI is InChI=1S/C37H44N2O6/c1-38-23-8-25-39(37(38)43)24-6-3-7-26-45-34-10-5-4-9-31(34)18-15-29(12-11-28-13-19-32(20-14-28)35(40)41)27-30-16-21-33(22-17-30)36(42)44-2/h4-5,9-10,13-22,29H,3,6-8,11-12,23-27H2,1-2H3,(H,40,41). The van der Waals surface area contributed by atoms with Gasteiger partial charge in [-0.3, -0.25) is 0 Å². The molecule has 2 amide bonds. The molecular formula is C37H44N2O6. The van der Waals surface area contributed by atoms with Crippen molar-refractivity contribution in [2.45, 2.75) is 44.9 Å². The number of methoxy groups -OCH3 is 1. The Balaban J connectivity index is 1.36. The van der Waals surface area contributed by atoms with Crippen LogP contribution in [-0.2, 0) is 17.6 Å². The smallest absolute Gasteiger partial charge is 0.337 e. The Hall–Kier alpha value is -4.59. The Kier molecular flexibility index (Phi) is 12.6. The monoisotopic (exact) mass is 612 g/mol. The number of hydrogen-bond acceptors (Lipinski definition) is 5. The van der Waals surface area contributed by atoms with Crippen molar-refractivity contribution in [3.05, 3.63) is 107 Å². The number of carboxylic acid groups (broad SMARTS) is 1. The molecule has 8 nitrogen and oxygen atoms in total. The SMILES string of the molecule is COC(=O)c1ccc(CC(C=Cc2ccccc2OCCCCCN2CCCN(C)C2=O)CCc2ccc(C(=O)O)cc2)cc1. The van der Waals surface area contributed by atoms with Crippen molar-refractivity contribution in [2.75, 3.05) is 40.4 Å². The number of urea groups is 1. The molecule has 0 spiro atoms. The highest BCUT2D eigenvalue weighted by Crippen LogP contribution is 2.24. The number of rotatable bonds is 16. The Morgan fingerprint density at radius 1 is 0.911 bits per heavy atom. The van der Waals surface area contributed by atoms with Crippen LogP contribution in [0.1, 0.15) is 69.5 Å². The van der Waals surface area contributed by atoms with Gasteiger partial charge in [-0.1, -0.05) is 54.6 Å². The Labute approximate surface area is 266 Å². The highest BCUT2D eigenvalue weighted by atomic mass is 16.5. The van der Waals surface area contributed by atoms with Gasteiger partial charge in [-0.2, -0.15) is 0 Å². The van der Waals surface area contributed by atoms with Crippen LogP contribution in [0.4, 0.5) is 4.79 Å². The van der Waals surface area contributed by atoms with Crippen molar-refractivity contribution < 1.29 is 29.0 Å². The topological polar surface area (TPSA) is 96.4 Å². The van der Waals surface area contributed by atoms with E-state index in [0.717, 1.165) is 87.0 Å². The number of ether oxygens (including phenoxy) is 2. The van der Waals surface area contributed by atoms with Crippen LogP contribution < -0.4 is 4.74 Å². The number of esters is 1. The van der Waals surface area contributed by atoms with Gasteiger partial charge in [0.05, 0.1) is 24.8 Å². The van der Waals surface area contributed by atoms with E-state index in [1.165, 1.54) is 7.11 Å². The average molecular weight is 613 g/mol. The molecule has 8 heteroatoms. The first-order valence-corrected chi connectivity index (χ1v) is 15.7. The average Bonchev–Trinajstić information content (AvgIpc) is 3.06. The third kappa shape index (κ3) is 10.2. The van der Waals surface area contributed by atoms with Gasteiger partial charge in [-0.25, -0.2) is 14.4 Å².